The van der Waals surface area contributed by atoms with E-state index in [0.717, 1.165) is 0 Å². The Kier molecular flexibility index (Phi) is 3.94. The van der Waals surface area contributed by atoms with Crippen molar-refractivity contribution in [3.8, 4) is 0 Å². The smallest absolute Gasteiger partial charge is 0.233 e. The van der Waals surface area contributed by atoms with Gasteiger partial charge in [0.15, 0.2) is 0 Å². The predicted octanol–water partition coefficient (Wildman–Crippen LogP) is 1.81. The van der Waals surface area contributed by atoms with Crippen molar-refractivity contribution in [2.45, 2.75) is 6.42 Å². The van der Waals surface area contributed by atoms with Gasteiger partial charge in [0.2, 0.25) is 11.8 Å². The summed E-state index contributed by atoms with van der Waals surface area (Å²) in [6.07, 6.45) is -0.361. The summed E-state index contributed by atoms with van der Waals surface area (Å²) in [5.74, 6) is -1.17. The molecule has 0 bridgehead atoms. The molecule has 0 aliphatic carbocycles. The molecule has 0 spiro atoms. The van der Waals surface area contributed by atoms with Crippen LogP contribution in [0.25, 0.3) is 0 Å². The fourth-order valence-electron chi connectivity index (χ4n) is 0.937. The van der Waals surface area contributed by atoms with E-state index in [-0.39, 0.29) is 6.42 Å². The van der Waals surface area contributed by atoms with E-state index in [2.05, 4.69) is 5.32 Å². The van der Waals surface area contributed by atoms with E-state index in [1.54, 1.807) is 12.1 Å². The van der Waals surface area contributed by atoms with Crippen LogP contribution in [0.4, 0.5) is 5.69 Å². The molecule has 6 heteroatoms. The van der Waals surface area contributed by atoms with Gasteiger partial charge in [-0.25, -0.2) is 0 Å². The summed E-state index contributed by atoms with van der Waals surface area (Å²) < 4.78 is 0. The van der Waals surface area contributed by atoms with Crippen LogP contribution in [0.15, 0.2) is 18.2 Å². The van der Waals surface area contributed by atoms with Gasteiger partial charge in [-0.3, -0.25) is 9.59 Å². The molecule has 1 aromatic carbocycles. The van der Waals surface area contributed by atoms with Gasteiger partial charge in [0.25, 0.3) is 0 Å². The molecule has 15 heavy (non-hydrogen) atoms. The highest BCUT2D eigenvalue weighted by Gasteiger charge is 2.07. The van der Waals surface area contributed by atoms with Crippen LogP contribution in [0.5, 0.6) is 0 Å². The maximum atomic E-state index is 11.1. The summed E-state index contributed by atoms with van der Waals surface area (Å²) in [7, 11) is 0. The first-order chi connectivity index (χ1) is 6.99. The molecule has 80 valence electrons. The first-order valence-corrected chi connectivity index (χ1v) is 4.78. The highest BCUT2D eigenvalue weighted by atomic mass is 35.5. The van der Waals surface area contributed by atoms with Gasteiger partial charge >= 0.3 is 0 Å². The second-order valence-corrected chi connectivity index (χ2v) is 3.63. The van der Waals surface area contributed by atoms with E-state index in [1.807, 2.05) is 0 Å². The highest BCUT2D eigenvalue weighted by molar-refractivity contribution is 6.42. The minimum Gasteiger partial charge on any atom is -0.369 e. The number of halogens is 2. The van der Waals surface area contributed by atoms with Crippen molar-refractivity contribution in [3.05, 3.63) is 28.2 Å². The molecule has 0 unspecified atom stereocenters. The molecular formula is C9H8Cl2N2O2. The fraction of sp³-hybridized carbons (Fsp3) is 0.111. The number of carbonyl (C=O) groups is 2. The van der Waals surface area contributed by atoms with E-state index < -0.39 is 11.8 Å². The van der Waals surface area contributed by atoms with Crippen molar-refractivity contribution in [3.63, 3.8) is 0 Å². The summed E-state index contributed by atoms with van der Waals surface area (Å²) >= 11 is 11.4. The minimum absolute atomic E-state index is 0.327. The van der Waals surface area contributed by atoms with Gasteiger partial charge < -0.3 is 11.1 Å². The first kappa shape index (κ1) is 11.8. The van der Waals surface area contributed by atoms with Crippen molar-refractivity contribution in [1.82, 2.24) is 0 Å². The standard InChI is InChI=1S/C9H8Cl2N2O2/c10-6-2-1-5(3-7(6)11)13-9(15)4-8(12)14/h1-3H,4H2,(H2,12,14)(H,13,15). The quantitative estimate of drug-likeness (QED) is 0.799. The SMILES string of the molecule is NC(=O)CC(=O)Nc1ccc(Cl)c(Cl)c1. The van der Waals surface area contributed by atoms with Crippen molar-refractivity contribution in [1.29, 1.82) is 0 Å². The molecule has 0 atom stereocenters. The number of carbonyl (C=O) groups excluding carboxylic acids is 2. The number of nitrogens with one attached hydrogen (secondary N) is 1. The molecule has 1 rings (SSSR count). The summed E-state index contributed by atoms with van der Waals surface area (Å²) in [6, 6.07) is 4.61. The number of hydrogen-bond acceptors (Lipinski definition) is 2. The van der Waals surface area contributed by atoms with Gasteiger partial charge in [0.05, 0.1) is 10.0 Å². The summed E-state index contributed by atoms with van der Waals surface area (Å²) in [5, 5.41) is 3.18. The Morgan fingerprint density at radius 3 is 2.47 bits per heavy atom. The monoisotopic (exact) mass is 246 g/mol. The van der Waals surface area contributed by atoms with Crippen molar-refractivity contribution in [2.75, 3.05) is 5.32 Å². The fourth-order valence-corrected chi connectivity index (χ4v) is 1.24. The van der Waals surface area contributed by atoms with Crippen LogP contribution in [0.1, 0.15) is 6.42 Å². The van der Waals surface area contributed by atoms with Crippen molar-refractivity contribution < 1.29 is 9.59 Å². The number of anilines is 1. The zero-order valence-electron chi connectivity index (χ0n) is 7.59. The second-order valence-electron chi connectivity index (χ2n) is 2.82. The zero-order valence-corrected chi connectivity index (χ0v) is 9.10. The van der Waals surface area contributed by atoms with Crippen molar-refractivity contribution >= 4 is 40.7 Å². The van der Waals surface area contributed by atoms with E-state index in [9.17, 15) is 9.59 Å². The Bertz CT molecular complexity index is 407. The zero-order chi connectivity index (χ0) is 11.4. The molecule has 0 aromatic heterocycles. The lowest BCUT2D eigenvalue weighted by atomic mass is 10.3. The molecule has 0 fully saturated rings. The van der Waals surface area contributed by atoms with Gasteiger partial charge in [0, 0.05) is 5.69 Å². The normalized spacial score (nSPS) is 9.73. The molecule has 0 saturated heterocycles. The molecule has 2 amide bonds. The lowest BCUT2D eigenvalue weighted by molar-refractivity contribution is -0.124. The van der Waals surface area contributed by atoms with E-state index >= 15 is 0 Å². The third-order valence-electron chi connectivity index (χ3n) is 1.54. The van der Waals surface area contributed by atoms with Gasteiger partial charge in [-0.05, 0) is 18.2 Å². The Hall–Kier alpha value is -1.26. The van der Waals surface area contributed by atoms with Crippen LogP contribution >= 0.6 is 23.2 Å². The van der Waals surface area contributed by atoms with Gasteiger partial charge in [-0.15, -0.1) is 0 Å². The lowest BCUT2D eigenvalue weighted by Gasteiger charge is -2.04. The summed E-state index contributed by atoms with van der Waals surface area (Å²) in [6.45, 7) is 0. The van der Waals surface area contributed by atoms with Gasteiger partial charge in [-0.2, -0.15) is 0 Å². The molecular weight excluding hydrogens is 239 g/mol. The maximum Gasteiger partial charge on any atom is 0.233 e. The van der Waals surface area contributed by atoms with Crippen LogP contribution in [-0.4, -0.2) is 11.8 Å². The van der Waals surface area contributed by atoms with E-state index in [4.69, 9.17) is 28.9 Å². The number of rotatable bonds is 3. The van der Waals surface area contributed by atoms with Gasteiger partial charge in [0.1, 0.15) is 6.42 Å². The summed E-state index contributed by atoms with van der Waals surface area (Å²) in [4.78, 5) is 21.6. The number of amides is 2. The number of benzene rings is 1. The number of hydrogen-bond donors (Lipinski definition) is 2. The van der Waals surface area contributed by atoms with E-state index in [1.165, 1.54) is 6.07 Å². The summed E-state index contributed by atoms with van der Waals surface area (Å²) in [5.41, 5.74) is 5.32. The third-order valence-corrected chi connectivity index (χ3v) is 2.28. The minimum atomic E-state index is -0.687. The molecule has 0 radical (unpaired) electrons. The largest absolute Gasteiger partial charge is 0.369 e. The van der Waals surface area contributed by atoms with E-state index in [0.29, 0.717) is 15.7 Å². The second kappa shape index (κ2) is 5.00. The van der Waals surface area contributed by atoms with Crippen LogP contribution in [0, 0.1) is 0 Å². The number of primary amides is 1. The topological polar surface area (TPSA) is 72.2 Å². The molecule has 0 aliphatic heterocycles. The molecule has 0 aliphatic rings. The first-order valence-electron chi connectivity index (χ1n) is 4.02. The van der Waals surface area contributed by atoms with Gasteiger partial charge in [-0.1, -0.05) is 23.2 Å². The molecule has 0 heterocycles. The Labute approximate surface area is 96.3 Å². The van der Waals surface area contributed by atoms with Crippen LogP contribution < -0.4 is 11.1 Å². The Balaban J connectivity index is 2.69. The average molecular weight is 247 g/mol. The van der Waals surface area contributed by atoms with Crippen molar-refractivity contribution in [2.24, 2.45) is 5.73 Å². The number of nitrogens with two attached hydrogens (primary N) is 1. The Morgan fingerprint density at radius 2 is 1.93 bits per heavy atom. The maximum absolute atomic E-state index is 11.1. The van der Waals surface area contributed by atoms with Crippen LogP contribution in [0.2, 0.25) is 10.0 Å². The molecule has 1 aromatic rings. The molecule has 4 nitrogen and oxygen atoms in total. The van der Waals surface area contributed by atoms with Crippen LogP contribution in [-0.2, 0) is 9.59 Å². The predicted molar refractivity (Wildman–Crippen MR) is 58.9 cm³/mol. The third kappa shape index (κ3) is 3.77. The molecule has 0 saturated carbocycles. The van der Waals surface area contributed by atoms with Crippen LogP contribution in [0.3, 0.4) is 0 Å². The highest BCUT2D eigenvalue weighted by Crippen LogP contribution is 2.24. The lowest BCUT2D eigenvalue weighted by Crippen LogP contribution is -2.21. The molecule has 3 N–H and O–H groups in total. The Morgan fingerprint density at radius 1 is 1.27 bits per heavy atom. The average Bonchev–Trinajstić information content (AvgIpc) is 2.10.